The van der Waals surface area contributed by atoms with E-state index in [0.29, 0.717) is 12.8 Å². The van der Waals surface area contributed by atoms with E-state index in [1.807, 2.05) is 6.92 Å². The molecule has 0 aliphatic carbocycles. The van der Waals surface area contributed by atoms with Gasteiger partial charge in [0, 0.05) is 0 Å². The zero-order valence-corrected chi connectivity index (χ0v) is 6.60. The average Bonchev–Trinajstić information content (AvgIpc) is 2.34. The molecule has 0 aromatic rings. The number of alkyl halides is 3. The van der Waals surface area contributed by atoms with Crippen molar-refractivity contribution >= 4 is 6.34 Å². The van der Waals surface area contributed by atoms with Crippen LogP contribution >= 0.6 is 0 Å². The number of rotatable bonds is 2. The Kier molecular flexibility index (Phi) is 2.44. The van der Waals surface area contributed by atoms with Crippen LogP contribution in [0.1, 0.15) is 19.8 Å². The lowest BCUT2D eigenvalue weighted by molar-refractivity contribution is -0.226. The second-order valence-electron chi connectivity index (χ2n) is 2.55. The van der Waals surface area contributed by atoms with Crippen molar-refractivity contribution in [3.05, 3.63) is 0 Å². The van der Waals surface area contributed by atoms with Crippen LogP contribution in [0.4, 0.5) is 13.2 Å². The highest BCUT2D eigenvalue weighted by Crippen LogP contribution is 2.24. The monoisotopic (exact) mass is 181 g/mol. The highest BCUT2D eigenvalue weighted by molar-refractivity contribution is 5.57. The third-order valence-corrected chi connectivity index (χ3v) is 1.60. The first-order chi connectivity index (χ1) is 5.55. The summed E-state index contributed by atoms with van der Waals surface area (Å²) in [5.41, 5.74) is 2.39. The predicted octanol–water partition coefficient (Wildman–Crippen LogP) is 1.48. The molecule has 0 saturated heterocycles. The Labute approximate surface area is 68.2 Å². The molecule has 0 amide bonds. The lowest BCUT2D eigenvalue weighted by Crippen LogP contribution is -2.45. The minimum atomic E-state index is -4.33. The molecule has 1 N–H and O–H groups in total. The van der Waals surface area contributed by atoms with Crippen molar-refractivity contribution in [1.82, 2.24) is 10.3 Å². The van der Waals surface area contributed by atoms with E-state index in [-0.39, 0.29) is 4.90 Å². The van der Waals surface area contributed by atoms with Crippen LogP contribution in [0.5, 0.6) is 0 Å². The van der Waals surface area contributed by atoms with E-state index in [9.17, 15) is 13.2 Å². The van der Waals surface area contributed by atoms with Crippen molar-refractivity contribution in [2.45, 2.75) is 32.2 Å². The summed E-state index contributed by atoms with van der Waals surface area (Å²) in [6, 6.07) is 0. The summed E-state index contributed by atoms with van der Waals surface area (Å²) in [5, 5.41) is 3.36. The molecule has 3 nitrogen and oxygen atoms in total. The average molecular weight is 181 g/mol. The van der Waals surface area contributed by atoms with Crippen molar-refractivity contribution in [2.24, 2.45) is 5.10 Å². The fourth-order valence-corrected chi connectivity index (χ4v) is 1.04. The van der Waals surface area contributed by atoms with Gasteiger partial charge in [-0.25, -0.2) is 0 Å². The minimum absolute atomic E-state index is 0.274. The maximum atomic E-state index is 12.1. The number of nitrogens with zero attached hydrogens (tertiary/aromatic N) is 2. The predicted molar refractivity (Wildman–Crippen MR) is 38.2 cm³/mol. The molecule has 12 heavy (non-hydrogen) atoms. The van der Waals surface area contributed by atoms with Gasteiger partial charge in [-0.05, 0) is 6.42 Å². The fraction of sp³-hybridized carbons (Fsp3) is 0.833. The standard InChI is InChI=1S/C6H10F3N3/c1-2-3-5-11-10-4-12(5)6(7,8)9/h4-5,11H,2-3H2,1H3. The van der Waals surface area contributed by atoms with Gasteiger partial charge in [0.15, 0.2) is 0 Å². The zero-order chi connectivity index (χ0) is 9.19. The van der Waals surface area contributed by atoms with Crippen LogP contribution < -0.4 is 5.43 Å². The minimum Gasteiger partial charge on any atom is -0.286 e. The Bertz CT molecular complexity index is 177. The maximum absolute atomic E-state index is 12.1. The summed E-state index contributed by atoms with van der Waals surface area (Å²) in [5.74, 6) is 0. The molecule has 70 valence electrons. The SMILES string of the molecule is CCCC1NN=CN1C(F)(F)F. The van der Waals surface area contributed by atoms with Gasteiger partial charge < -0.3 is 0 Å². The number of hydrogen-bond acceptors (Lipinski definition) is 3. The molecule has 0 radical (unpaired) electrons. The molecular weight excluding hydrogens is 171 g/mol. The van der Waals surface area contributed by atoms with Gasteiger partial charge in [0.2, 0.25) is 0 Å². The van der Waals surface area contributed by atoms with E-state index >= 15 is 0 Å². The fourth-order valence-electron chi connectivity index (χ4n) is 1.04. The maximum Gasteiger partial charge on any atom is 0.487 e. The molecule has 6 heteroatoms. The molecule has 1 heterocycles. The Morgan fingerprint density at radius 3 is 2.75 bits per heavy atom. The van der Waals surface area contributed by atoms with Gasteiger partial charge in [0.1, 0.15) is 12.5 Å². The Morgan fingerprint density at radius 2 is 2.25 bits per heavy atom. The molecule has 1 rings (SSSR count). The third kappa shape index (κ3) is 1.80. The number of hydrazone groups is 1. The van der Waals surface area contributed by atoms with E-state index in [2.05, 4.69) is 10.5 Å². The van der Waals surface area contributed by atoms with Crippen molar-refractivity contribution in [3.63, 3.8) is 0 Å². The third-order valence-electron chi connectivity index (χ3n) is 1.60. The molecule has 1 atom stereocenters. The van der Waals surface area contributed by atoms with Crippen LogP contribution in [0.2, 0.25) is 0 Å². The van der Waals surface area contributed by atoms with Crippen LogP contribution in [0.3, 0.4) is 0 Å². The zero-order valence-electron chi connectivity index (χ0n) is 6.60. The Hall–Kier alpha value is -0.940. The van der Waals surface area contributed by atoms with Gasteiger partial charge in [-0.15, -0.1) is 13.2 Å². The summed E-state index contributed by atoms with van der Waals surface area (Å²) < 4.78 is 36.4. The molecule has 1 aliphatic heterocycles. The lowest BCUT2D eigenvalue weighted by atomic mass is 10.3. The van der Waals surface area contributed by atoms with E-state index in [1.54, 1.807) is 0 Å². The van der Waals surface area contributed by atoms with E-state index < -0.39 is 12.5 Å². The second kappa shape index (κ2) is 3.20. The molecule has 0 fully saturated rings. The van der Waals surface area contributed by atoms with Crippen LogP contribution in [0, 0.1) is 0 Å². The van der Waals surface area contributed by atoms with Crippen LogP contribution in [-0.4, -0.2) is 23.7 Å². The van der Waals surface area contributed by atoms with Crippen molar-refractivity contribution < 1.29 is 13.2 Å². The quantitative estimate of drug-likeness (QED) is 0.653. The first-order valence-electron chi connectivity index (χ1n) is 3.69. The van der Waals surface area contributed by atoms with Crippen molar-refractivity contribution in [2.75, 3.05) is 0 Å². The summed E-state index contributed by atoms with van der Waals surface area (Å²) in [6.07, 6.45) is -3.16. The summed E-state index contributed by atoms with van der Waals surface area (Å²) in [6.45, 7) is 1.83. The first-order valence-corrected chi connectivity index (χ1v) is 3.69. The van der Waals surface area contributed by atoms with Crippen LogP contribution in [0.25, 0.3) is 0 Å². The van der Waals surface area contributed by atoms with Gasteiger partial charge in [0.05, 0.1) is 0 Å². The van der Waals surface area contributed by atoms with Crippen LogP contribution in [-0.2, 0) is 0 Å². The number of nitrogens with one attached hydrogen (secondary N) is 1. The summed E-state index contributed by atoms with van der Waals surface area (Å²) in [7, 11) is 0. The summed E-state index contributed by atoms with van der Waals surface area (Å²) in [4.78, 5) is 0.274. The Morgan fingerprint density at radius 1 is 1.58 bits per heavy atom. The van der Waals surface area contributed by atoms with Crippen molar-refractivity contribution in [1.29, 1.82) is 0 Å². The Balaban J connectivity index is 2.57. The van der Waals surface area contributed by atoms with Gasteiger partial charge in [-0.3, -0.25) is 10.3 Å². The molecule has 1 unspecified atom stereocenters. The highest BCUT2D eigenvalue weighted by Gasteiger charge is 2.41. The summed E-state index contributed by atoms with van der Waals surface area (Å²) >= 11 is 0. The molecule has 0 bridgehead atoms. The largest absolute Gasteiger partial charge is 0.487 e. The van der Waals surface area contributed by atoms with Crippen LogP contribution in [0.15, 0.2) is 5.10 Å². The van der Waals surface area contributed by atoms with Gasteiger partial charge in [0.25, 0.3) is 0 Å². The molecule has 0 saturated carbocycles. The van der Waals surface area contributed by atoms with Crippen molar-refractivity contribution in [3.8, 4) is 0 Å². The molecule has 0 aromatic carbocycles. The van der Waals surface area contributed by atoms with Gasteiger partial charge >= 0.3 is 6.30 Å². The molecular formula is C6H10F3N3. The highest BCUT2D eigenvalue weighted by atomic mass is 19.4. The van der Waals surface area contributed by atoms with Gasteiger partial charge in [-0.2, -0.15) is 5.10 Å². The lowest BCUT2D eigenvalue weighted by Gasteiger charge is -2.24. The topological polar surface area (TPSA) is 27.6 Å². The van der Waals surface area contributed by atoms with E-state index in [0.717, 1.165) is 6.34 Å². The molecule has 1 aliphatic rings. The van der Waals surface area contributed by atoms with E-state index in [1.165, 1.54) is 0 Å². The number of hydrogen-bond donors (Lipinski definition) is 1. The second-order valence-corrected chi connectivity index (χ2v) is 2.55. The van der Waals surface area contributed by atoms with E-state index in [4.69, 9.17) is 0 Å². The first kappa shape index (κ1) is 9.15. The molecule has 0 aromatic heterocycles. The normalized spacial score (nSPS) is 23.0. The number of halogens is 3. The van der Waals surface area contributed by atoms with Gasteiger partial charge in [-0.1, -0.05) is 13.3 Å². The molecule has 0 spiro atoms. The smallest absolute Gasteiger partial charge is 0.286 e.